The van der Waals surface area contributed by atoms with E-state index in [1.165, 1.54) is 0 Å². The smallest absolute Gasteiger partial charge is 0.223 e. The molecule has 3 rings (SSSR count). The van der Waals surface area contributed by atoms with Gasteiger partial charge in [-0.3, -0.25) is 4.79 Å². The molecule has 152 valence electrons. The molecule has 2 fully saturated rings. The van der Waals surface area contributed by atoms with Gasteiger partial charge in [0.05, 0.1) is 5.75 Å². The van der Waals surface area contributed by atoms with Crippen molar-refractivity contribution in [3.05, 3.63) is 35.9 Å². The Morgan fingerprint density at radius 3 is 2.41 bits per heavy atom. The molecule has 0 radical (unpaired) electrons. The van der Waals surface area contributed by atoms with Crippen LogP contribution in [0.3, 0.4) is 0 Å². The number of hydrogen-bond donors (Lipinski definition) is 2. The minimum atomic E-state index is -3.31. The fraction of sp³-hybridized carbons (Fsp3) is 0.632. The third kappa shape index (κ3) is 5.67. The molecule has 0 bridgehead atoms. The van der Waals surface area contributed by atoms with Gasteiger partial charge in [-0.2, -0.15) is 0 Å². The van der Waals surface area contributed by atoms with E-state index < -0.39 is 10.0 Å². The van der Waals surface area contributed by atoms with Crippen molar-refractivity contribution < 1.29 is 13.2 Å². The minimum absolute atomic E-state index is 0. The van der Waals surface area contributed by atoms with Crippen molar-refractivity contribution in [2.45, 2.75) is 43.9 Å². The molecule has 2 aliphatic rings. The van der Waals surface area contributed by atoms with Crippen molar-refractivity contribution in [2.24, 2.45) is 17.6 Å². The number of carbonyl (C=O) groups is 1. The van der Waals surface area contributed by atoms with Gasteiger partial charge in [0.25, 0.3) is 0 Å². The number of hydrogen-bond acceptors (Lipinski definition) is 4. The van der Waals surface area contributed by atoms with Crippen LogP contribution < -0.4 is 11.1 Å². The summed E-state index contributed by atoms with van der Waals surface area (Å²) in [4.78, 5) is 12.5. The summed E-state index contributed by atoms with van der Waals surface area (Å²) in [7, 11) is -3.31. The summed E-state index contributed by atoms with van der Waals surface area (Å²) < 4.78 is 26.8. The van der Waals surface area contributed by atoms with E-state index in [2.05, 4.69) is 5.32 Å². The van der Waals surface area contributed by atoms with Crippen LogP contribution in [0.1, 0.15) is 37.7 Å². The maximum atomic E-state index is 12.6. The van der Waals surface area contributed by atoms with Crippen LogP contribution >= 0.6 is 12.4 Å². The van der Waals surface area contributed by atoms with Gasteiger partial charge in [-0.1, -0.05) is 36.8 Å². The minimum Gasteiger partial charge on any atom is -0.353 e. The van der Waals surface area contributed by atoms with E-state index >= 15 is 0 Å². The van der Waals surface area contributed by atoms with Crippen LogP contribution in [0.25, 0.3) is 0 Å². The lowest BCUT2D eigenvalue weighted by Crippen LogP contribution is -2.48. The second-order valence-electron chi connectivity index (χ2n) is 7.46. The molecule has 1 aromatic carbocycles. The summed E-state index contributed by atoms with van der Waals surface area (Å²) >= 11 is 0. The van der Waals surface area contributed by atoms with Gasteiger partial charge < -0.3 is 11.1 Å². The zero-order chi connectivity index (χ0) is 18.6. The van der Waals surface area contributed by atoms with Crippen molar-refractivity contribution >= 4 is 28.3 Å². The Labute approximate surface area is 168 Å². The standard InChI is InChI=1S/C19H29N3O3S.ClH/c20-13-16-7-4-8-18(16)19(23)21-17-9-11-22(12-10-17)26(24,25)14-15-5-2-1-3-6-15;/h1-3,5-6,16-18H,4,7-14,20H2,(H,21,23);1H/t16-,18-;/m1./s1. The molecule has 0 spiro atoms. The zero-order valence-corrected chi connectivity index (χ0v) is 17.2. The summed E-state index contributed by atoms with van der Waals surface area (Å²) in [5.41, 5.74) is 6.57. The second-order valence-corrected chi connectivity index (χ2v) is 9.43. The van der Waals surface area contributed by atoms with Gasteiger partial charge in [0.1, 0.15) is 0 Å². The molecule has 1 heterocycles. The third-order valence-electron chi connectivity index (χ3n) is 5.68. The lowest BCUT2D eigenvalue weighted by atomic mass is 9.94. The molecule has 1 aliphatic carbocycles. The molecular weight excluding hydrogens is 386 g/mol. The van der Waals surface area contributed by atoms with Crippen molar-refractivity contribution in [2.75, 3.05) is 19.6 Å². The first-order valence-corrected chi connectivity index (χ1v) is 11.1. The first kappa shape index (κ1) is 22.1. The fourth-order valence-corrected chi connectivity index (χ4v) is 5.69. The average Bonchev–Trinajstić information content (AvgIpc) is 3.11. The summed E-state index contributed by atoms with van der Waals surface area (Å²) in [6, 6.07) is 9.31. The number of amides is 1. The monoisotopic (exact) mass is 415 g/mol. The van der Waals surface area contributed by atoms with Gasteiger partial charge in [-0.25, -0.2) is 12.7 Å². The SMILES string of the molecule is Cl.NC[C@H]1CCC[C@H]1C(=O)NC1CCN(S(=O)(=O)Cc2ccccc2)CC1. The first-order valence-electron chi connectivity index (χ1n) is 9.52. The highest BCUT2D eigenvalue weighted by Gasteiger charge is 2.34. The first-order chi connectivity index (χ1) is 12.5. The van der Waals surface area contributed by atoms with E-state index in [0.29, 0.717) is 38.4 Å². The quantitative estimate of drug-likeness (QED) is 0.742. The van der Waals surface area contributed by atoms with Crippen LogP contribution in [0, 0.1) is 11.8 Å². The number of halogens is 1. The van der Waals surface area contributed by atoms with E-state index in [-0.39, 0.29) is 36.0 Å². The van der Waals surface area contributed by atoms with Crippen LogP contribution in [-0.2, 0) is 20.6 Å². The fourth-order valence-electron chi connectivity index (χ4n) is 4.13. The summed E-state index contributed by atoms with van der Waals surface area (Å²) in [6.07, 6.45) is 4.35. The number of carbonyl (C=O) groups excluding carboxylic acids is 1. The average molecular weight is 416 g/mol. The van der Waals surface area contributed by atoms with Crippen LogP contribution in [0.2, 0.25) is 0 Å². The van der Waals surface area contributed by atoms with Gasteiger partial charge in [0, 0.05) is 25.0 Å². The Morgan fingerprint density at radius 2 is 1.78 bits per heavy atom. The molecule has 2 atom stereocenters. The number of rotatable bonds is 6. The number of piperidine rings is 1. The summed E-state index contributed by atoms with van der Waals surface area (Å²) in [5, 5.41) is 3.13. The van der Waals surface area contributed by atoms with Gasteiger partial charge in [0.15, 0.2) is 0 Å². The normalized spacial score (nSPS) is 24.3. The van der Waals surface area contributed by atoms with Crippen LogP contribution in [0.15, 0.2) is 30.3 Å². The molecule has 6 nitrogen and oxygen atoms in total. The number of nitrogens with one attached hydrogen (secondary N) is 1. The topological polar surface area (TPSA) is 92.5 Å². The molecule has 27 heavy (non-hydrogen) atoms. The van der Waals surface area contributed by atoms with E-state index in [1.54, 1.807) is 4.31 Å². The molecular formula is C19H30ClN3O3S. The Balaban J connectivity index is 0.00000261. The van der Waals surface area contributed by atoms with Crippen molar-refractivity contribution in [1.29, 1.82) is 0 Å². The Hall–Kier alpha value is -1.15. The Kier molecular flexibility index (Phi) is 8.09. The number of nitrogens with zero attached hydrogens (tertiary/aromatic N) is 1. The molecule has 0 unspecified atom stereocenters. The molecule has 1 saturated heterocycles. The van der Waals surface area contributed by atoms with Crippen LogP contribution in [-0.4, -0.2) is 44.3 Å². The highest BCUT2D eigenvalue weighted by Crippen LogP contribution is 2.31. The number of nitrogens with two attached hydrogens (primary N) is 1. The van der Waals surface area contributed by atoms with Gasteiger partial charge in [-0.05, 0) is 43.7 Å². The van der Waals surface area contributed by atoms with Crippen LogP contribution in [0.5, 0.6) is 0 Å². The number of benzene rings is 1. The van der Waals surface area contributed by atoms with Gasteiger partial charge in [0.2, 0.25) is 15.9 Å². The highest BCUT2D eigenvalue weighted by atomic mass is 35.5. The van der Waals surface area contributed by atoms with Gasteiger partial charge >= 0.3 is 0 Å². The van der Waals surface area contributed by atoms with E-state index in [9.17, 15) is 13.2 Å². The highest BCUT2D eigenvalue weighted by molar-refractivity contribution is 7.88. The molecule has 3 N–H and O–H groups in total. The summed E-state index contributed by atoms with van der Waals surface area (Å²) in [5.74, 6) is 0.454. The lowest BCUT2D eigenvalue weighted by Gasteiger charge is -2.32. The second kappa shape index (κ2) is 9.87. The van der Waals surface area contributed by atoms with E-state index in [0.717, 1.165) is 24.8 Å². The maximum Gasteiger partial charge on any atom is 0.223 e. The maximum absolute atomic E-state index is 12.6. The van der Waals surface area contributed by atoms with E-state index in [4.69, 9.17) is 5.73 Å². The largest absolute Gasteiger partial charge is 0.353 e. The predicted molar refractivity (Wildman–Crippen MR) is 109 cm³/mol. The zero-order valence-electron chi connectivity index (χ0n) is 15.5. The van der Waals surface area contributed by atoms with Crippen molar-refractivity contribution in [3.63, 3.8) is 0 Å². The van der Waals surface area contributed by atoms with Crippen molar-refractivity contribution in [1.82, 2.24) is 9.62 Å². The number of sulfonamides is 1. The molecule has 8 heteroatoms. The molecule has 1 amide bonds. The molecule has 1 saturated carbocycles. The molecule has 0 aromatic heterocycles. The molecule has 1 aliphatic heterocycles. The third-order valence-corrected chi connectivity index (χ3v) is 7.53. The van der Waals surface area contributed by atoms with Crippen LogP contribution in [0.4, 0.5) is 0 Å². The van der Waals surface area contributed by atoms with Gasteiger partial charge in [-0.15, -0.1) is 12.4 Å². The predicted octanol–water partition coefficient (Wildman–Crippen LogP) is 1.89. The van der Waals surface area contributed by atoms with E-state index in [1.807, 2.05) is 30.3 Å². The Morgan fingerprint density at radius 1 is 1.11 bits per heavy atom. The van der Waals surface area contributed by atoms with Crippen molar-refractivity contribution in [3.8, 4) is 0 Å². The Bertz CT molecular complexity index is 706. The lowest BCUT2D eigenvalue weighted by molar-refractivity contribution is -0.126. The molecule has 1 aromatic rings. The summed E-state index contributed by atoms with van der Waals surface area (Å²) in [6.45, 7) is 1.49.